The maximum Gasteiger partial charge on any atom is 0.343 e. The smallest absolute Gasteiger partial charge is 0.343 e. The van der Waals surface area contributed by atoms with Gasteiger partial charge in [0.25, 0.3) is 0 Å². The van der Waals surface area contributed by atoms with E-state index < -0.39 is 35.7 Å². The summed E-state index contributed by atoms with van der Waals surface area (Å²) in [6, 6.07) is 16.0. The van der Waals surface area contributed by atoms with Crippen LogP contribution in [0.5, 0.6) is 5.75 Å². The second kappa shape index (κ2) is 9.60. The fourth-order valence-electron chi connectivity index (χ4n) is 5.93. The molecule has 9 nitrogen and oxygen atoms in total. The first-order chi connectivity index (χ1) is 18.3. The normalized spacial score (nSPS) is 27.0. The molecule has 1 saturated heterocycles. The number of fused-ring (bicyclic) bond motifs is 4. The summed E-state index contributed by atoms with van der Waals surface area (Å²) in [6.45, 7) is -0.130. The lowest BCUT2D eigenvalue weighted by Crippen LogP contribution is -2.60. The highest BCUT2D eigenvalue weighted by molar-refractivity contribution is 6.14. The number of carbonyl (C=O) groups is 1. The predicted molar refractivity (Wildman–Crippen MR) is 140 cm³/mol. The van der Waals surface area contributed by atoms with E-state index in [-0.39, 0.29) is 38.2 Å². The van der Waals surface area contributed by atoms with Crippen LogP contribution in [0.3, 0.4) is 0 Å². The molecule has 4 unspecified atom stereocenters. The third kappa shape index (κ3) is 3.98. The van der Waals surface area contributed by atoms with Gasteiger partial charge in [0.2, 0.25) is 5.79 Å². The van der Waals surface area contributed by atoms with Crippen LogP contribution < -0.4 is 4.74 Å². The molecule has 1 aliphatic carbocycles. The highest BCUT2D eigenvalue weighted by Crippen LogP contribution is 2.47. The molecule has 2 heterocycles. The number of H-pyrrole nitrogens is 1. The van der Waals surface area contributed by atoms with Gasteiger partial charge in [0.05, 0.1) is 5.39 Å². The van der Waals surface area contributed by atoms with Crippen molar-refractivity contribution in [1.82, 2.24) is 4.98 Å². The number of aliphatic hydroxyl groups is 4. The van der Waals surface area contributed by atoms with E-state index in [1.807, 2.05) is 42.5 Å². The Balaban J connectivity index is 1.35. The molecule has 2 fully saturated rings. The van der Waals surface area contributed by atoms with Gasteiger partial charge in [0, 0.05) is 24.9 Å². The molecule has 9 heteroatoms. The van der Waals surface area contributed by atoms with E-state index in [1.54, 1.807) is 6.20 Å². The van der Waals surface area contributed by atoms with Crippen molar-refractivity contribution in [3.63, 3.8) is 0 Å². The Morgan fingerprint density at radius 1 is 1.05 bits per heavy atom. The van der Waals surface area contributed by atoms with E-state index in [1.165, 1.54) is 0 Å². The van der Waals surface area contributed by atoms with Gasteiger partial charge in [0.1, 0.15) is 17.8 Å². The highest BCUT2D eigenvalue weighted by atomic mass is 16.7. The number of benzene rings is 3. The Labute approximate surface area is 218 Å². The topological polar surface area (TPSA) is 141 Å². The Hall–Kier alpha value is -3.05. The van der Waals surface area contributed by atoms with Crippen LogP contribution in [0.4, 0.5) is 0 Å². The summed E-state index contributed by atoms with van der Waals surface area (Å²) in [5, 5.41) is 47.4. The van der Waals surface area contributed by atoms with E-state index in [0.717, 1.165) is 27.1 Å². The summed E-state index contributed by atoms with van der Waals surface area (Å²) in [7, 11) is 0. The van der Waals surface area contributed by atoms with Crippen LogP contribution in [0.25, 0.3) is 32.4 Å². The molecule has 3 aromatic carbocycles. The Kier molecular flexibility index (Phi) is 6.38. The lowest BCUT2D eigenvalue weighted by molar-refractivity contribution is -0.313. The molecule has 0 bridgehead atoms. The lowest BCUT2D eigenvalue weighted by Gasteiger charge is -2.39. The minimum Gasteiger partial charge on any atom is -0.422 e. The number of hydrogen-bond acceptors (Lipinski definition) is 8. The fraction of sp³-hybridized carbons (Fsp3) is 0.414. The van der Waals surface area contributed by atoms with Crippen molar-refractivity contribution in [1.29, 1.82) is 0 Å². The van der Waals surface area contributed by atoms with E-state index in [9.17, 15) is 20.1 Å². The Bertz CT molecular complexity index is 1490. The summed E-state index contributed by atoms with van der Waals surface area (Å²) in [5.41, 5.74) is -0.951. The van der Waals surface area contributed by atoms with Gasteiger partial charge in [0.15, 0.2) is 11.9 Å². The number of esters is 1. The summed E-state index contributed by atoms with van der Waals surface area (Å²) in [5.74, 6) is -2.99. The zero-order chi connectivity index (χ0) is 26.5. The molecule has 0 spiro atoms. The van der Waals surface area contributed by atoms with Crippen molar-refractivity contribution in [3.05, 3.63) is 54.7 Å². The number of ether oxygens (including phenoxy) is 3. The van der Waals surface area contributed by atoms with Gasteiger partial charge in [-0.3, -0.25) is 0 Å². The first kappa shape index (κ1) is 25.2. The van der Waals surface area contributed by atoms with Crippen LogP contribution >= 0.6 is 0 Å². The number of aromatic nitrogens is 1. The van der Waals surface area contributed by atoms with Crippen LogP contribution in [-0.4, -0.2) is 74.3 Å². The Morgan fingerprint density at radius 3 is 2.53 bits per heavy atom. The van der Waals surface area contributed by atoms with Crippen LogP contribution in [0.15, 0.2) is 54.7 Å². The second-order valence-electron chi connectivity index (χ2n) is 10.3. The van der Waals surface area contributed by atoms with E-state index in [0.29, 0.717) is 18.2 Å². The summed E-state index contributed by atoms with van der Waals surface area (Å²) in [4.78, 5) is 16.6. The van der Waals surface area contributed by atoms with E-state index in [4.69, 9.17) is 19.3 Å². The first-order valence-electron chi connectivity index (χ1n) is 13.0. The molecule has 0 amide bonds. The van der Waals surface area contributed by atoms with Crippen molar-refractivity contribution in [2.75, 3.05) is 13.2 Å². The van der Waals surface area contributed by atoms with Gasteiger partial charge in [-0.25, -0.2) is 4.79 Å². The second-order valence-corrected chi connectivity index (χ2v) is 10.3. The zero-order valence-electron chi connectivity index (χ0n) is 20.8. The van der Waals surface area contributed by atoms with Gasteiger partial charge >= 0.3 is 5.97 Å². The molecular weight excluding hydrogens is 490 g/mol. The molecule has 4 atom stereocenters. The fourth-order valence-corrected chi connectivity index (χ4v) is 5.93. The minimum absolute atomic E-state index is 0.0185. The molecule has 200 valence electrons. The molecule has 6 rings (SSSR count). The molecule has 1 saturated carbocycles. The van der Waals surface area contributed by atoms with Crippen molar-refractivity contribution in [2.45, 2.75) is 61.8 Å². The third-order valence-electron chi connectivity index (χ3n) is 7.96. The standard InChI is InChI=1S/C29H31NO8/c31-12-5-13-36-24-25(38-29(35,26(24)32)28(34)10-3-4-11-28)27(33)37-22-16-30-21-9-8-19-14-17-6-1-2-7-18(17)15-20(19)23(21)22/h1-2,6-9,14-16,24-26,30-32,34-35H,3-5,10-13H2. The van der Waals surface area contributed by atoms with Gasteiger partial charge in [-0.2, -0.15) is 0 Å². The first-order valence-corrected chi connectivity index (χ1v) is 13.0. The molecule has 1 aliphatic heterocycles. The van der Waals surface area contributed by atoms with Crippen LogP contribution in [0.1, 0.15) is 32.1 Å². The maximum atomic E-state index is 13.5. The van der Waals surface area contributed by atoms with Gasteiger partial charge in [-0.1, -0.05) is 43.2 Å². The average Bonchev–Trinajstić information content (AvgIpc) is 3.62. The zero-order valence-corrected chi connectivity index (χ0v) is 20.8. The predicted octanol–water partition coefficient (Wildman–Crippen LogP) is 2.90. The maximum absolute atomic E-state index is 13.5. The molecule has 0 radical (unpaired) electrons. The number of nitrogens with one attached hydrogen (secondary N) is 1. The van der Waals surface area contributed by atoms with Crippen LogP contribution in [0, 0.1) is 0 Å². The van der Waals surface area contributed by atoms with E-state index >= 15 is 0 Å². The molecule has 38 heavy (non-hydrogen) atoms. The molecule has 1 aromatic heterocycles. The van der Waals surface area contributed by atoms with Crippen LogP contribution in [-0.2, 0) is 14.3 Å². The summed E-state index contributed by atoms with van der Waals surface area (Å²) < 4.78 is 17.3. The van der Waals surface area contributed by atoms with Crippen LogP contribution in [0.2, 0.25) is 0 Å². The monoisotopic (exact) mass is 521 g/mol. The van der Waals surface area contributed by atoms with Crippen molar-refractivity contribution < 1.29 is 39.4 Å². The highest BCUT2D eigenvalue weighted by Gasteiger charge is 2.67. The number of carbonyl (C=O) groups excluding carboxylic acids is 1. The molecule has 5 N–H and O–H groups in total. The molecule has 4 aromatic rings. The SMILES string of the molecule is O=C(Oc1c[nH]c2ccc3cc4ccccc4cc3c12)C1OC(O)(C2(O)CCCC2)C(O)C1OCCCO. The minimum atomic E-state index is -2.40. The summed E-state index contributed by atoms with van der Waals surface area (Å²) >= 11 is 0. The van der Waals surface area contributed by atoms with Gasteiger partial charge in [-0.05, 0) is 59.0 Å². The summed E-state index contributed by atoms with van der Waals surface area (Å²) in [6.07, 6.45) is -0.918. The Morgan fingerprint density at radius 2 is 1.79 bits per heavy atom. The number of aromatic amines is 1. The van der Waals surface area contributed by atoms with Gasteiger partial charge < -0.3 is 39.6 Å². The van der Waals surface area contributed by atoms with E-state index in [2.05, 4.69) is 11.1 Å². The molecular formula is C29H31NO8. The number of aliphatic hydroxyl groups excluding tert-OH is 2. The molecule has 2 aliphatic rings. The largest absolute Gasteiger partial charge is 0.422 e. The lowest BCUT2D eigenvalue weighted by atomic mass is 9.86. The third-order valence-corrected chi connectivity index (χ3v) is 7.96. The van der Waals surface area contributed by atoms with Crippen molar-refractivity contribution in [2.24, 2.45) is 0 Å². The average molecular weight is 522 g/mol. The number of hydrogen-bond donors (Lipinski definition) is 5. The number of rotatable bonds is 7. The van der Waals surface area contributed by atoms with Crippen molar-refractivity contribution >= 4 is 38.4 Å². The van der Waals surface area contributed by atoms with Gasteiger partial charge in [-0.15, -0.1) is 0 Å². The quantitative estimate of drug-likeness (QED) is 0.142. The van der Waals surface area contributed by atoms with Crippen molar-refractivity contribution in [3.8, 4) is 5.75 Å².